The van der Waals surface area contributed by atoms with Crippen LogP contribution in [-0.4, -0.2) is 17.7 Å². The van der Waals surface area contributed by atoms with Gasteiger partial charge in [0.15, 0.2) is 0 Å². The third kappa shape index (κ3) is 2.63. The van der Waals surface area contributed by atoms with Crippen molar-refractivity contribution in [2.24, 2.45) is 11.8 Å². The molecule has 1 aromatic heterocycles. The summed E-state index contributed by atoms with van der Waals surface area (Å²) in [6, 6.07) is 16.2. The molecule has 0 radical (unpaired) electrons. The van der Waals surface area contributed by atoms with Gasteiger partial charge in [-0.3, -0.25) is 0 Å². The zero-order chi connectivity index (χ0) is 15.9. The Bertz CT molecular complexity index is 866. The lowest BCUT2D eigenvalue weighted by molar-refractivity contribution is 0.373. The van der Waals surface area contributed by atoms with Crippen LogP contribution in [0.15, 0.2) is 42.5 Å². The number of para-hydroxylation sites is 1. The molecular formula is C22H26N2. The number of nitrogens with one attached hydrogen (secondary N) is 1. The minimum Gasteiger partial charge on any atom is -0.340 e. The number of piperidine rings is 1. The largest absolute Gasteiger partial charge is 0.340 e. The van der Waals surface area contributed by atoms with Crippen molar-refractivity contribution >= 4 is 21.8 Å². The van der Waals surface area contributed by atoms with Crippen molar-refractivity contribution in [3.63, 3.8) is 0 Å². The second kappa shape index (κ2) is 5.93. The highest BCUT2D eigenvalue weighted by molar-refractivity contribution is 6.08. The molecule has 1 saturated carbocycles. The molecule has 0 amide bonds. The number of hydrogen-bond acceptors (Lipinski definition) is 1. The molecule has 3 aromatic rings. The van der Waals surface area contributed by atoms with E-state index in [1.165, 1.54) is 79.1 Å². The molecule has 1 aliphatic heterocycles. The molecule has 2 aliphatic rings. The number of rotatable bonds is 4. The van der Waals surface area contributed by atoms with E-state index in [9.17, 15) is 0 Å². The lowest BCUT2D eigenvalue weighted by atomic mass is 9.90. The Labute approximate surface area is 143 Å². The van der Waals surface area contributed by atoms with Crippen LogP contribution in [-0.2, 0) is 13.0 Å². The van der Waals surface area contributed by atoms with Gasteiger partial charge >= 0.3 is 0 Å². The standard InChI is InChI=1S/C22H26N2/c1-2-4-21-19(3-1)20-14-18(13-16-9-11-23-12-10-16)7-8-22(20)24(21)15-17-5-6-17/h1-4,7-8,14,16-17,23H,5-6,9-13,15H2. The van der Waals surface area contributed by atoms with Crippen molar-refractivity contribution in [3.05, 3.63) is 48.0 Å². The second-order valence-electron chi connectivity index (χ2n) is 7.82. The fourth-order valence-corrected chi connectivity index (χ4v) is 4.40. The number of benzene rings is 2. The molecule has 2 aromatic carbocycles. The first kappa shape index (κ1) is 14.5. The van der Waals surface area contributed by atoms with Gasteiger partial charge in [-0.1, -0.05) is 24.3 Å². The maximum absolute atomic E-state index is 3.48. The first-order valence-corrected chi connectivity index (χ1v) is 9.59. The van der Waals surface area contributed by atoms with E-state index in [4.69, 9.17) is 0 Å². The molecule has 0 unspecified atom stereocenters. The monoisotopic (exact) mass is 318 g/mol. The van der Waals surface area contributed by atoms with E-state index in [-0.39, 0.29) is 0 Å². The molecule has 2 nitrogen and oxygen atoms in total. The van der Waals surface area contributed by atoms with Gasteiger partial charge in [-0.2, -0.15) is 0 Å². The molecule has 2 fully saturated rings. The Morgan fingerprint density at radius 1 is 0.833 bits per heavy atom. The number of hydrogen-bond donors (Lipinski definition) is 1. The summed E-state index contributed by atoms with van der Waals surface area (Å²) in [6.45, 7) is 3.57. The smallest absolute Gasteiger partial charge is 0.0491 e. The molecular weight excluding hydrogens is 292 g/mol. The van der Waals surface area contributed by atoms with Crippen LogP contribution in [0, 0.1) is 11.8 Å². The topological polar surface area (TPSA) is 17.0 Å². The van der Waals surface area contributed by atoms with E-state index < -0.39 is 0 Å². The maximum Gasteiger partial charge on any atom is 0.0491 e. The molecule has 0 spiro atoms. The van der Waals surface area contributed by atoms with Crippen molar-refractivity contribution in [2.45, 2.75) is 38.6 Å². The quantitative estimate of drug-likeness (QED) is 0.735. The van der Waals surface area contributed by atoms with Crippen molar-refractivity contribution < 1.29 is 0 Å². The highest BCUT2D eigenvalue weighted by Crippen LogP contribution is 2.36. The molecule has 1 aliphatic carbocycles. The van der Waals surface area contributed by atoms with Gasteiger partial charge in [0.05, 0.1) is 0 Å². The summed E-state index contributed by atoms with van der Waals surface area (Å²) in [7, 11) is 0. The predicted octanol–water partition coefficient (Wildman–Crippen LogP) is 4.75. The van der Waals surface area contributed by atoms with Crippen LogP contribution in [0.4, 0.5) is 0 Å². The van der Waals surface area contributed by atoms with Gasteiger partial charge in [-0.05, 0) is 80.8 Å². The van der Waals surface area contributed by atoms with Gasteiger partial charge in [0.25, 0.3) is 0 Å². The summed E-state index contributed by atoms with van der Waals surface area (Å²) in [6.07, 6.45) is 6.69. The predicted molar refractivity (Wildman–Crippen MR) is 101 cm³/mol. The molecule has 5 rings (SSSR count). The summed E-state index contributed by atoms with van der Waals surface area (Å²) in [5.74, 6) is 1.75. The van der Waals surface area contributed by atoms with Gasteiger partial charge in [0.1, 0.15) is 0 Å². The molecule has 0 bridgehead atoms. The minimum absolute atomic E-state index is 0.850. The van der Waals surface area contributed by atoms with Crippen molar-refractivity contribution in [2.75, 3.05) is 13.1 Å². The molecule has 2 heterocycles. The summed E-state index contributed by atoms with van der Waals surface area (Å²) in [5.41, 5.74) is 4.36. The Morgan fingerprint density at radius 2 is 1.62 bits per heavy atom. The fourth-order valence-electron chi connectivity index (χ4n) is 4.40. The van der Waals surface area contributed by atoms with Gasteiger partial charge in [-0.25, -0.2) is 0 Å². The first-order chi connectivity index (χ1) is 11.9. The Morgan fingerprint density at radius 3 is 2.46 bits per heavy atom. The molecule has 24 heavy (non-hydrogen) atoms. The number of aromatic nitrogens is 1. The van der Waals surface area contributed by atoms with Crippen molar-refractivity contribution in [3.8, 4) is 0 Å². The Balaban J connectivity index is 1.56. The van der Waals surface area contributed by atoms with Gasteiger partial charge in [0, 0.05) is 28.4 Å². The average molecular weight is 318 g/mol. The van der Waals surface area contributed by atoms with E-state index >= 15 is 0 Å². The van der Waals surface area contributed by atoms with Crippen LogP contribution in [0.25, 0.3) is 21.8 Å². The molecule has 1 saturated heterocycles. The molecule has 1 N–H and O–H groups in total. The number of fused-ring (bicyclic) bond motifs is 3. The normalized spacial score (nSPS) is 19.3. The molecule has 0 atom stereocenters. The zero-order valence-corrected chi connectivity index (χ0v) is 14.3. The van der Waals surface area contributed by atoms with Gasteiger partial charge in [0.2, 0.25) is 0 Å². The van der Waals surface area contributed by atoms with Gasteiger partial charge < -0.3 is 9.88 Å². The lowest BCUT2D eigenvalue weighted by Gasteiger charge is -2.22. The summed E-state index contributed by atoms with van der Waals surface area (Å²) in [4.78, 5) is 0. The van der Waals surface area contributed by atoms with Crippen LogP contribution in [0.1, 0.15) is 31.2 Å². The lowest BCUT2D eigenvalue weighted by Crippen LogP contribution is -2.28. The Kier molecular flexibility index (Phi) is 3.59. The van der Waals surface area contributed by atoms with E-state index in [0.29, 0.717) is 0 Å². The maximum atomic E-state index is 3.48. The van der Waals surface area contributed by atoms with Crippen LogP contribution < -0.4 is 5.32 Å². The van der Waals surface area contributed by atoms with E-state index in [0.717, 1.165) is 11.8 Å². The summed E-state index contributed by atoms with van der Waals surface area (Å²) < 4.78 is 2.57. The van der Waals surface area contributed by atoms with Crippen LogP contribution in [0.5, 0.6) is 0 Å². The minimum atomic E-state index is 0.850. The highest BCUT2D eigenvalue weighted by Gasteiger charge is 2.24. The van der Waals surface area contributed by atoms with Crippen molar-refractivity contribution in [1.29, 1.82) is 0 Å². The SMILES string of the molecule is c1ccc2c(c1)c1cc(CC3CCNCC3)ccc1n2CC1CC1. The summed E-state index contributed by atoms with van der Waals surface area (Å²) >= 11 is 0. The zero-order valence-electron chi connectivity index (χ0n) is 14.3. The summed E-state index contributed by atoms with van der Waals surface area (Å²) in [5, 5.41) is 6.37. The van der Waals surface area contributed by atoms with E-state index in [1.807, 2.05) is 0 Å². The van der Waals surface area contributed by atoms with Crippen LogP contribution in [0.2, 0.25) is 0 Å². The molecule has 124 valence electrons. The fraction of sp³-hybridized carbons (Fsp3) is 0.455. The van der Waals surface area contributed by atoms with Crippen molar-refractivity contribution in [1.82, 2.24) is 9.88 Å². The van der Waals surface area contributed by atoms with Gasteiger partial charge in [-0.15, -0.1) is 0 Å². The second-order valence-corrected chi connectivity index (χ2v) is 7.82. The highest BCUT2D eigenvalue weighted by atomic mass is 15.0. The van der Waals surface area contributed by atoms with Crippen LogP contribution in [0.3, 0.4) is 0 Å². The number of nitrogens with zero attached hydrogens (tertiary/aromatic N) is 1. The molecule has 2 heteroatoms. The third-order valence-corrected chi connectivity index (χ3v) is 5.96. The Hall–Kier alpha value is -1.80. The first-order valence-electron chi connectivity index (χ1n) is 9.59. The average Bonchev–Trinajstić information content (AvgIpc) is 3.40. The van der Waals surface area contributed by atoms with E-state index in [2.05, 4.69) is 52.3 Å². The van der Waals surface area contributed by atoms with Crippen LogP contribution >= 0.6 is 0 Å². The third-order valence-electron chi connectivity index (χ3n) is 5.96. The van der Waals surface area contributed by atoms with E-state index in [1.54, 1.807) is 0 Å².